The van der Waals surface area contributed by atoms with Gasteiger partial charge in [0.25, 0.3) is 0 Å². The molecule has 2 atom stereocenters. The van der Waals surface area contributed by atoms with E-state index in [0.717, 1.165) is 12.1 Å². The molecule has 0 aliphatic heterocycles. The molecule has 1 aliphatic carbocycles. The van der Waals surface area contributed by atoms with Crippen molar-refractivity contribution in [1.29, 1.82) is 0 Å². The van der Waals surface area contributed by atoms with Gasteiger partial charge >= 0.3 is 0 Å². The van der Waals surface area contributed by atoms with Crippen LogP contribution in [0.1, 0.15) is 40.0 Å². The summed E-state index contributed by atoms with van der Waals surface area (Å²) in [4.78, 5) is 0. The fraction of sp³-hybridized carbons (Fsp3) is 0.900. The van der Waals surface area contributed by atoms with Crippen LogP contribution < -0.4 is 0 Å². The molecule has 0 saturated heterocycles. The largest absolute Gasteiger partial charge is 0.411 e. The highest BCUT2D eigenvalue weighted by molar-refractivity contribution is 5.87. The summed E-state index contributed by atoms with van der Waals surface area (Å²) in [6.45, 7) is 6.62. The molecule has 12 heavy (non-hydrogen) atoms. The van der Waals surface area contributed by atoms with Crippen molar-refractivity contribution < 1.29 is 5.21 Å². The molecule has 0 unspecified atom stereocenters. The lowest BCUT2D eigenvalue weighted by Gasteiger charge is -2.29. The first-order valence-corrected chi connectivity index (χ1v) is 4.86. The zero-order valence-electron chi connectivity index (χ0n) is 8.25. The number of nitrogens with zero attached hydrogens (tertiary/aromatic N) is 1. The third-order valence-corrected chi connectivity index (χ3v) is 2.89. The van der Waals surface area contributed by atoms with Crippen molar-refractivity contribution in [2.24, 2.45) is 22.9 Å². The van der Waals surface area contributed by atoms with Gasteiger partial charge in [0.2, 0.25) is 0 Å². The smallest absolute Gasteiger partial charge is 0.0606 e. The van der Waals surface area contributed by atoms with Crippen molar-refractivity contribution in [3.63, 3.8) is 0 Å². The Morgan fingerprint density at radius 2 is 2.08 bits per heavy atom. The van der Waals surface area contributed by atoms with E-state index in [2.05, 4.69) is 25.9 Å². The lowest BCUT2D eigenvalue weighted by atomic mass is 9.76. The minimum atomic E-state index is 0.520. The SMILES string of the molecule is CC(C)[C@H]1CC[C@H](C)C/C1=N/O. The summed E-state index contributed by atoms with van der Waals surface area (Å²) in [5.74, 6) is 1.83. The van der Waals surface area contributed by atoms with E-state index in [0.29, 0.717) is 17.8 Å². The van der Waals surface area contributed by atoms with Gasteiger partial charge in [-0.3, -0.25) is 0 Å². The lowest BCUT2D eigenvalue weighted by Crippen LogP contribution is -2.27. The van der Waals surface area contributed by atoms with Crippen molar-refractivity contribution in [2.45, 2.75) is 40.0 Å². The Kier molecular flexibility index (Phi) is 3.12. The molecule has 0 spiro atoms. The van der Waals surface area contributed by atoms with E-state index in [1.807, 2.05) is 0 Å². The second-order valence-electron chi connectivity index (χ2n) is 4.33. The topological polar surface area (TPSA) is 32.6 Å². The molecule has 1 N–H and O–H groups in total. The summed E-state index contributed by atoms with van der Waals surface area (Å²) in [7, 11) is 0. The van der Waals surface area contributed by atoms with E-state index in [1.165, 1.54) is 12.8 Å². The normalized spacial score (nSPS) is 34.5. The fourth-order valence-electron chi connectivity index (χ4n) is 2.07. The maximum absolute atomic E-state index is 8.82. The van der Waals surface area contributed by atoms with Crippen LogP contribution in [0.5, 0.6) is 0 Å². The van der Waals surface area contributed by atoms with Crippen LogP contribution in [0.3, 0.4) is 0 Å². The van der Waals surface area contributed by atoms with Gasteiger partial charge in [-0.15, -0.1) is 0 Å². The molecule has 0 aromatic heterocycles. The third kappa shape index (κ3) is 1.99. The summed E-state index contributed by atoms with van der Waals surface area (Å²) < 4.78 is 0. The van der Waals surface area contributed by atoms with Crippen LogP contribution in [0.25, 0.3) is 0 Å². The van der Waals surface area contributed by atoms with Crippen LogP contribution in [-0.4, -0.2) is 10.9 Å². The van der Waals surface area contributed by atoms with E-state index in [9.17, 15) is 0 Å². The molecule has 1 saturated carbocycles. The molecular weight excluding hydrogens is 150 g/mol. The molecule has 0 radical (unpaired) electrons. The van der Waals surface area contributed by atoms with Gasteiger partial charge in [0, 0.05) is 5.92 Å². The second-order valence-corrected chi connectivity index (χ2v) is 4.33. The first kappa shape index (κ1) is 9.56. The number of oxime groups is 1. The van der Waals surface area contributed by atoms with E-state index in [1.54, 1.807) is 0 Å². The summed E-state index contributed by atoms with van der Waals surface area (Å²) in [5, 5.41) is 12.2. The molecule has 1 aliphatic rings. The first-order chi connectivity index (χ1) is 5.65. The van der Waals surface area contributed by atoms with Crippen LogP contribution in [0, 0.1) is 17.8 Å². The molecule has 70 valence electrons. The van der Waals surface area contributed by atoms with Crippen molar-refractivity contribution in [3.8, 4) is 0 Å². The fourth-order valence-corrected chi connectivity index (χ4v) is 2.07. The van der Waals surface area contributed by atoms with Gasteiger partial charge in [-0.1, -0.05) is 25.9 Å². The van der Waals surface area contributed by atoms with E-state index in [4.69, 9.17) is 5.21 Å². The van der Waals surface area contributed by atoms with Crippen LogP contribution >= 0.6 is 0 Å². The lowest BCUT2D eigenvalue weighted by molar-refractivity contribution is 0.291. The van der Waals surface area contributed by atoms with Gasteiger partial charge in [-0.05, 0) is 31.1 Å². The Hall–Kier alpha value is -0.530. The monoisotopic (exact) mass is 169 g/mol. The molecule has 1 rings (SSSR count). The van der Waals surface area contributed by atoms with Gasteiger partial charge in [0.1, 0.15) is 0 Å². The third-order valence-electron chi connectivity index (χ3n) is 2.89. The maximum atomic E-state index is 8.82. The van der Waals surface area contributed by atoms with Crippen molar-refractivity contribution >= 4 is 5.71 Å². The molecule has 0 aromatic carbocycles. The average molecular weight is 169 g/mol. The predicted molar refractivity (Wildman–Crippen MR) is 50.6 cm³/mol. The molecule has 0 aromatic rings. The van der Waals surface area contributed by atoms with Gasteiger partial charge in [0.05, 0.1) is 5.71 Å². The quantitative estimate of drug-likeness (QED) is 0.475. The highest BCUT2D eigenvalue weighted by Gasteiger charge is 2.27. The number of rotatable bonds is 1. The summed E-state index contributed by atoms with van der Waals surface area (Å²) in [5.41, 5.74) is 1.02. The highest BCUT2D eigenvalue weighted by Crippen LogP contribution is 2.30. The standard InChI is InChI=1S/C10H19NO/c1-7(2)9-5-4-8(3)6-10(9)11-12/h7-9,12H,4-6H2,1-3H3/b11-10-/t8-,9+/m0/s1. The van der Waals surface area contributed by atoms with Crippen LogP contribution in [0.15, 0.2) is 5.16 Å². The first-order valence-electron chi connectivity index (χ1n) is 4.86. The average Bonchev–Trinajstić information content (AvgIpc) is 2.03. The zero-order chi connectivity index (χ0) is 9.14. The van der Waals surface area contributed by atoms with Gasteiger partial charge in [-0.2, -0.15) is 0 Å². The van der Waals surface area contributed by atoms with Gasteiger partial charge in [-0.25, -0.2) is 0 Å². The van der Waals surface area contributed by atoms with Crippen LogP contribution in [-0.2, 0) is 0 Å². The Labute approximate surface area is 74.7 Å². The van der Waals surface area contributed by atoms with Gasteiger partial charge < -0.3 is 5.21 Å². The molecule has 2 heteroatoms. The van der Waals surface area contributed by atoms with Crippen LogP contribution in [0.4, 0.5) is 0 Å². The molecule has 0 amide bonds. The van der Waals surface area contributed by atoms with Crippen molar-refractivity contribution in [2.75, 3.05) is 0 Å². The Morgan fingerprint density at radius 1 is 1.42 bits per heavy atom. The van der Waals surface area contributed by atoms with Crippen molar-refractivity contribution in [1.82, 2.24) is 0 Å². The summed E-state index contributed by atoms with van der Waals surface area (Å²) in [6.07, 6.45) is 3.46. The molecule has 0 bridgehead atoms. The van der Waals surface area contributed by atoms with E-state index in [-0.39, 0.29) is 0 Å². The van der Waals surface area contributed by atoms with E-state index < -0.39 is 0 Å². The predicted octanol–water partition coefficient (Wildman–Crippen LogP) is 2.91. The molecule has 0 heterocycles. The molecule has 2 nitrogen and oxygen atoms in total. The minimum absolute atomic E-state index is 0.520. The Balaban J connectivity index is 2.63. The number of hydrogen-bond donors (Lipinski definition) is 1. The summed E-state index contributed by atoms with van der Waals surface area (Å²) in [6, 6.07) is 0. The van der Waals surface area contributed by atoms with Gasteiger partial charge in [0.15, 0.2) is 0 Å². The molecular formula is C10H19NO. The number of hydrogen-bond acceptors (Lipinski definition) is 2. The zero-order valence-corrected chi connectivity index (χ0v) is 8.25. The Morgan fingerprint density at radius 3 is 2.58 bits per heavy atom. The second kappa shape index (κ2) is 3.92. The summed E-state index contributed by atoms with van der Waals surface area (Å²) >= 11 is 0. The molecule has 1 fully saturated rings. The maximum Gasteiger partial charge on any atom is 0.0606 e. The van der Waals surface area contributed by atoms with Crippen molar-refractivity contribution in [3.05, 3.63) is 0 Å². The Bertz CT molecular complexity index is 175. The van der Waals surface area contributed by atoms with E-state index >= 15 is 0 Å². The highest BCUT2D eigenvalue weighted by atomic mass is 16.4. The minimum Gasteiger partial charge on any atom is -0.411 e. The van der Waals surface area contributed by atoms with Crippen LogP contribution in [0.2, 0.25) is 0 Å².